The standard InChI is InChI=1S/C10H13NO5S2.CH5NO/c1-11(2)10(12)7-4-8(17(13)14)6-9(5-7)18(3,15)16;1-2-3/h4-6H,1-3H3,(H,13,14);2-3H,1H3/p-1. The van der Waals surface area contributed by atoms with Gasteiger partial charge in [-0.3, -0.25) is 9.00 Å². The first-order valence-electron chi connectivity index (χ1n) is 5.51. The zero-order valence-corrected chi connectivity index (χ0v) is 13.6. The summed E-state index contributed by atoms with van der Waals surface area (Å²) in [5.74, 6) is -0.466. The van der Waals surface area contributed by atoms with Gasteiger partial charge in [-0.1, -0.05) is 0 Å². The van der Waals surface area contributed by atoms with Gasteiger partial charge in [-0.2, -0.15) is 0 Å². The number of hydroxylamine groups is 1. The Morgan fingerprint density at radius 3 is 2.14 bits per heavy atom. The summed E-state index contributed by atoms with van der Waals surface area (Å²) in [6.45, 7) is 0. The second kappa shape index (κ2) is 8.20. The van der Waals surface area contributed by atoms with E-state index in [1.807, 2.05) is 0 Å². The summed E-state index contributed by atoms with van der Waals surface area (Å²) >= 11 is -2.60. The van der Waals surface area contributed by atoms with E-state index in [2.05, 4.69) is 0 Å². The topological polar surface area (TPSA) is 127 Å². The highest BCUT2D eigenvalue weighted by molar-refractivity contribution is 7.90. The van der Waals surface area contributed by atoms with E-state index in [9.17, 15) is 22.0 Å². The minimum atomic E-state index is -3.58. The molecule has 1 atom stereocenters. The van der Waals surface area contributed by atoms with Crippen LogP contribution in [0, 0.1) is 0 Å². The van der Waals surface area contributed by atoms with Crippen molar-refractivity contribution in [3.63, 3.8) is 0 Å². The predicted octanol–water partition coefficient (Wildman–Crippen LogP) is -0.375. The Hall–Kier alpha value is -1.33. The van der Waals surface area contributed by atoms with Gasteiger partial charge in [-0.25, -0.2) is 13.9 Å². The fraction of sp³-hybridized carbons (Fsp3) is 0.364. The molecule has 8 nitrogen and oxygen atoms in total. The van der Waals surface area contributed by atoms with Crippen LogP contribution in [0.25, 0.3) is 0 Å². The predicted molar refractivity (Wildman–Crippen MR) is 75.6 cm³/mol. The molecule has 0 aromatic heterocycles. The van der Waals surface area contributed by atoms with Crippen LogP contribution >= 0.6 is 0 Å². The van der Waals surface area contributed by atoms with Gasteiger partial charge in [0, 0.05) is 37.9 Å². The number of hydrogen-bond donors (Lipinski definition) is 2. The van der Waals surface area contributed by atoms with Crippen molar-refractivity contribution in [2.45, 2.75) is 9.79 Å². The van der Waals surface area contributed by atoms with Gasteiger partial charge in [0.15, 0.2) is 9.84 Å². The molecule has 0 spiro atoms. The highest BCUT2D eigenvalue weighted by Gasteiger charge is 2.15. The lowest BCUT2D eigenvalue weighted by Crippen LogP contribution is -2.22. The minimum Gasteiger partial charge on any atom is -0.768 e. The summed E-state index contributed by atoms with van der Waals surface area (Å²) in [7, 11) is 0.825. The monoisotopic (exact) mass is 337 g/mol. The van der Waals surface area contributed by atoms with Crippen molar-refractivity contribution < 1.29 is 27.2 Å². The maximum absolute atomic E-state index is 11.7. The minimum absolute atomic E-state index is 0.0159. The van der Waals surface area contributed by atoms with Gasteiger partial charge in [-0.05, 0) is 29.3 Å². The van der Waals surface area contributed by atoms with Gasteiger partial charge < -0.3 is 14.7 Å². The molecule has 1 amide bonds. The average molecular weight is 337 g/mol. The van der Waals surface area contributed by atoms with Gasteiger partial charge in [0.25, 0.3) is 5.91 Å². The Kier molecular flexibility index (Phi) is 7.68. The Bertz CT molecular complexity index is 628. The van der Waals surface area contributed by atoms with Gasteiger partial charge in [0.1, 0.15) is 0 Å². The Balaban J connectivity index is 0.00000122. The second-order valence-electron chi connectivity index (χ2n) is 4.12. The number of hydrogen-bond acceptors (Lipinski definition) is 7. The molecule has 0 heterocycles. The highest BCUT2D eigenvalue weighted by atomic mass is 32.2. The normalized spacial score (nSPS) is 12.1. The number of sulfone groups is 1. The molecule has 10 heteroatoms. The van der Waals surface area contributed by atoms with E-state index in [1.165, 1.54) is 26.0 Å². The first-order valence-corrected chi connectivity index (χ1v) is 8.48. The molecule has 2 N–H and O–H groups in total. The number of benzene rings is 1. The van der Waals surface area contributed by atoms with E-state index in [0.717, 1.165) is 24.5 Å². The molecule has 1 unspecified atom stereocenters. The third kappa shape index (κ3) is 6.31. The lowest BCUT2D eigenvalue weighted by atomic mass is 10.2. The molecular weight excluding hydrogens is 320 g/mol. The smallest absolute Gasteiger partial charge is 0.253 e. The summed E-state index contributed by atoms with van der Waals surface area (Å²) in [5.41, 5.74) is 1.77. The van der Waals surface area contributed by atoms with E-state index < -0.39 is 26.8 Å². The molecule has 0 bridgehead atoms. The quantitative estimate of drug-likeness (QED) is 0.569. The van der Waals surface area contributed by atoms with Crippen LogP contribution in [0.5, 0.6) is 0 Å². The maximum Gasteiger partial charge on any atom is 0.253 e. The summed E-state index contributed by atoms with van der Waals surface area (Å²) in [6, 6.07) is 3.32. The lowest BCUT2D eigenvalue weighted by Gasteiger charge is -2.13. The average Bonchev–Trinajstić information content (AvgIpc) is 2.37. The van der Waals surface area contributed by atoms with Crippen molar-refractivity contribution >= 4 is 26.8 Å². The number of carbonyl (C=O) groups is 1. The van der Waals surface area contributed by atoms with Crippen LogP contribution in [-0.2, 0) is 20.9 Å². The van der Waals surface area contributed by atoms with E-state index >= 15 is 0 Å². The summed E-state index contributed by atoms with van der Waals surface area (Å²) < 4.78 is 44.7. The third-order valence-corrected chi connectivity index (χ3v) is 3.87. The van der Waals surface area contributed by atoms with Gasteiger partial charge in [0.05, 0.1) is 4.90 Å². The molecule has 1 rings (SSSR count). The van der Waals surface area contributed by atoms with Gasteiger partial charge in [-0.15, -0.1) is 0 Å². The van der Waals surface area contributed by atoms with Crippen molar-refractivity contribution in [2.75, 3.05) is 27.4 Å². The molecule has 0 fully saturated rings. The fourth-order valence-electron chi connectivity index (χ4n) is 1.26. The summed E-state index contributed by atoms with van der Waals surface area (Å²) in [4.78, 5) is 12.5. The number of carbonyl (C=O) groups excluding carboxylic acids is 1. The van der Waals surface area contributed by atoms with Crippen LogP contribution < -0.4 is 5.48 Å². The molecule has 0 saturated carbocycles. The van der Waals surface area contributed by atoms with E-state index in [0.29, 0.717) is 0 Å². The van der Waals surface area contributed by atoms with Crippen LogP contribution in [0.15, 0.2) is 28.0 Å². The summed E-state index contributed by atoms with van der Waals surface area (Å²) in [5, 5.41) is 7.32. The highest BCUT2D eigenvalue weighted by Crippen LogP contribution is 2.18. The van der Waals surface area contributed by atoms with Crippen LogP contribution in [-0.4, -0.2) is 60.6 Å². The Morgan fingerprint density at radius 2 is 1.81 bits per heavy atom. The van der Waals surface area contributed by atoms with Crippen LogP contribution in [0.1, 0.15) is 10.4 Å². The number of nitrogens with zero attached hydrogens (tertiary/aromatic N) is 1. The molecule has 0 aliphatic carbocycles. The molecule has 1 aromatic rings. The van der Waals surface area contributed by atoms with Crippen molar-refractivity contribution in [3.8, 4) is 0 Å². The fourth-order valence-corrected chi connectivity index (χ4v) is 2.47. The van der Waals surface area contributed by atoms with E-state index in [1.54, 1.807) is 5.48 Å². The van der Waals surface area contributed by atoms with Crippen molar-refractivity contribution in [1.29, 1.82) is 0 Å². The molecule has 0 saturated heterocycles. The van der Waals surface area contributed by atoms with Crippen molar-refractivity contribution in [1.82, 2.24) is 10.4 Å². The maximum atomic E-state index is 11.7. The van der Waals surface area contributed by atoms with Crippen LogP contribution in [0.3, 0.4) is 0 Å². The molecule has 21 heavy (non-hydrogen) atoms. The molecule has 0 radical (unpaired) electrons. The SMILES string of the molecule is CN(C)C(=O)c1cc(S(=O)[O-])cc(S(C)(=O)=O)c1.CNO. The van der Waals surface area contributed by atoms with E-state index in [-0.39, 0.29) is 15.4 Å². The largest absolute Gasteiger partial charge is 0.768 e. The Morgan fingerprint density at radius 1 is 1.33 bits per heavy atom. The zero-order chi connectivity index (χ0) is 16.8. The first-order chi connectivity index (χ1) is 9.54. The lowest BCUT2D eigenvalue weighted by molar-refractivity contribution is 0.0827. The first kappa shape index (κ1) is 19.7. The molecule has 1 aromatic carbocycles. The summed E-state index contributed by atoms with van der Waals surface area (Å²) in [6.07, 6.45) is 0.948. The van der Waals surface area contributed by atoms with Crippen molar-refractivity contribution in [2.24, 2.45) is 0 Å². The third-order valence-electron chi connectivity index (χ3n) is 2.15. The van der Waals surface area contributed by atoms with Crippen molar-refractivity contribution in [3.05, 3.63) is 23.8 Å². The number of rotatable bonds is 3. The molecule has 0 aliphatic rings. The second-order valence-corrected chi connectivity index (χ2v) is 7.08. The van der Waals surface area contributed by atoms with Crippen LogP contribution in [0.2, 0.25) is 0 Å². The molecule has 0 aliphatic heterocycles. The number of amides is 1. The molecular formula is C11H17N2O6S2-. The van der Waals surface area contributed by atoms with E-state index in [4.69, 9.17) is 5.21 Å². The number of nitrogens with one attached hydrogen (secondary N) is 1. The van der Waals surface area contributed by atoms with Gasteiger partial charge >= 0.3 is 0 Å². The van der Waals surface area contributed by atoms with Crippen LogP contribution in [0.4, 0.5) is 0 Å². The molecule has 120 valence electrons. The zero-order valence-electron chi connectivity index (χ0n) is 12.0. The Labute approximate surface area is 125 Å². The van der Waals surface area contributed by atoms with Gasteiger partial charge in [0.2, 0.25) is 0 Å².